The Morgan fingerprint density at radius 3 is 1.89 bits per heavy atom. The van der Waals surface area contributed by atoms with Gasteiger partial charge < -0.3 is 5.11 Å². The van der Waals surface area contributed by atoms with Crippen LogP contribution in [0.4, 0.5) is 0 Å². The van der Waals surface area contributed by atoms with E-state index in [2.05, 4.69) is 31.9 Å². The van der Waals surface area contributed by atoms with E-state index in [9.17, 15) is 5.11 Å². The SMILES string of the molecule is OC1CCC23CCCCCCCCCCC12C3(Br)Br. The molecule has 3 heteroatoms. The maximum absolute atomic E-state index is 10.6. The van der Waals surface area contributed by atoms with Crippen molar-refractivity contribution in [3.05, 3.63) is 0 Å². The third-order valence-electron chi connectivity index (χ3n) is 6.29. The fraction of sp³-hybridized carbons (Fsp3) is 1.00. The number of halogens is 2. The minimum Gasteiger partial charge on any atom is -0.392 e. The van der Waals surface area contributed by atoms with Gasteiger partial charge in [0.2, 0.25) is 0 Å². The lowest BCUT2D eigenvalue weighted by Crippen LogP contribution is -2.25. The molecule has 19 heavy (non-hydrogen) atoms. The van der Waals surface area contributed by atoms with Crippen molar-refractivity contribution >= 4 is 31.9 Å². The average Bonchev–Trinajstić information content (AvgIpc) is 2.60. The molecule has 0 saturated heterocycles. The zero-order valence-electron chi connectivity index (χ0n) is 11.8. The first-order valence-electron chi connectivity index (χ1n) is 8.14. The van der Waals surface area contributed by atoms with Crippen LogP contribution in [0.2, 0.25) is 0 Å². The third kappa shape index (κ3) is 1.93. The molecule has 3 fully saturated rings. The Morgan fingerprint density at radius 2 is 1.26 bits per heavy atom. The molecule has 3 aliphatic carbocycles. The predicted molar refractivity (Wildman–Crippen MR) is 86.9 cm³/mol. The molecule has 0 aromatic rings. The number of rotatable bonds is 0. The van der Waals surface area contributed by atoms with E-state index >= 15 is 0 Å². The van der Waals surface area contributed by atoms with E-state index in [0.29, 0.717) is 5.41 Å². The largest absolute Gasteiger partial charge is 0.392 e. The molecule has 3 atom stereocenters. The van der Waals surface area contributed by atoms with E-state index in [1.54, 1.807) is 0 Å². The van der Waals surface area contributed by atoms with Crippen LogP contribution < -0.4 is 0 Å². The molecule has 3 saturated carbocycles. The summed E-state index contributed by atoms with van der Waals surface area (Å²) in [5.74, 6) is 0. The van der Waals surface area contributed by atoms with Crippen LogP contribution in [0.5, 0.6) is 0 Å². The topological polar surface area (TPSA) is 20.2 Å². The normalized spacial score (nSPS) is 46.6. The average molecular weight is 394 g/mol. The van der Waals surface area contributed by atoms with Gasteiger partial charge in [-0.2, -0.15) is 0 Å². The molecule has 0 heterocycles. The summed E-state index contributed by atoms with van der Waals surface area (Å²) in [5, 5.41) is 10.6. The summed E-state index contributed by atoms with van der Waals surface area (Å²) >= 11 is 7.92. The summed E-state index contributed by atoms with van der Waals surface area (Å²) in [7, 11) is 0. The summed E-state index contributed by atoms with van der Waals surface area (Å²) in [6.07, 6.45) is 15.6. The molecular weight excluding hydrogens is 368 g/mol. The van der Waals surface area contributed by atoms with Crippen molar-refractivity contribution in [2.75, 3.05) is 0 Å². The highest BCUT2D eigenvalue weighted by Gasteiger charge is 2.88. The Morgan fingerprint density at radius 1 is 0.737 bits per heavy atom. The van der Waals surface area contributed by atoms with E-state index in [1.807, 2.05) is 0 Å². The molecule has 0 spiro atoms. The lowest BCUT2D eigenvalue weighted by atomic mass is 9.85. The summed E-state index contributed by atoms with van der Waals surface area (Å²) in [6.45, 7) is 0. The maximum Gasteiger partial charge on any atom is 0.0955 e. The summed E-state index contributed by atoms with van der Waals surface area (Å²) in [5.41, 5.74) is 0.456. The summed E-state index contributed by atoms with van der Waals surface area (Å²) in [6, 6.07) is 0. The van der Waals surface area contributed by atoms with Crippen LogP contribution in [0.3, 0.4) is 0 Å². The van der Waals surface area contributed by atoms with Crippen LogP contribution in [0.1, 0.15) is 77.0 Å². The fourth-order valence-corrected chi connectivity index (χ4v) is 8.18. The lowest BCUT2D eigenvalue weighted by Gasteiger charge is -2.22. The van der Waals surface area contributed by atoms with Crippen molar-refractivity contribution in [1.82, 2.24) is 0 Å². The van der Waals surface area contributed by atoms with Crippen molar-refractivity contribution in [1.29, 1.82) is 0 Å². The van der Waals surface area contributed by atoms with Crippen molar-refractivity contribution in [3.8, 4) is 0 Å². The Balaban J connectivity index is 1.79. The van der Waals surface area contributed by atoms with E-state index < -0.39 is 0 Å². The van der Waals surface area contributed by atoms with Gasteiger partial charge in [0.1, 0.15) is 0 Å². The highest BCUT2D eigenvalue weighted by Crippen LogP contribution is 2.89. The Kier molecular flexibility index (Phi) is 4.12. The Labute approximate surface area is 134 Å². The molecule has 0 aromatic heterocycles. The highest BCUT2D eigenvalue weighted by molar-refractivity contribution is 9.25. The minimum absolute atomic E-state index is 0.0196. The second-order valence-corrected chi connectivity index (χ2v) is 10.5. The highest BCUT2D eigenvalue weighted by atomic mass is 79.9. The number of hydrogen-bond donors (Lipinski definition) is 1. The second kappa shape index (κ2) is 5.28. The quantitative estimate of drug-likeness (QED) is 0.536. The van der Waals surface area contributed by atoms with Crippen LogP contribution >= 0.6 is 31.9 Å². The van der Waals surface area contributed by atoms with Gasteiger partial charge >= 0.3 is 0 Å². The van der Waals surface area contributed by atoms with Crippen LogP contribution in [0, 0.1) is 10.8 Å². The Bertz CT molecular complexity index is 344. The van der Waals surface area contributed by atoms with E-state index in [4.69, 9.17) is 0 Å². The molecule has 110 valence electrons. The van der Waals surface area contributed by atoms with Crippen LogP contribution in [-0.4, -0.2) is 14.4 Å². The number of aliphatic hydroxyl groups excluding tert-OH is 1. The van der Waals surface area contributed by atoms with Gasteiger partial charge in [-0.1, -0.05) is 83.2 Å². The number of alkyl halides is 2. The van der Waals surface area contributed by atoms with Gasteiger partial charge in [0.05, 0.1) is 9.34 Å². The molecule has 0 amide bonds. The molecular formula is C16H26Br2O. The molecule has 0 aliphatic heterocycles. The lowest BCUT2D eigenvalue weighted by molar-refractivity contribution is 0.0892. The molecule has 0 radical (unpaired) electrons. The Hall–Kier alpha value is 0.920. The maximum atomic E-state index is 10.6. The molecule has 3 unspecified atom stereocenters. The first-order valence-corrected chi connectivity index (χ1v) is 9.73. The van der Waals surface area contributed by atoms with Crippen LogP contribution in [0.15, 0.2) is 0 Å². The summed E-state index contributed by atoms with van der Waals surface area (Å²) < 4.78 is 0.0196. The zero-order chi connectivity index (χ0) is 13.6. The molecule has 1 nitrogen and oxygen atoms in total. The van der Waals surface area contributed by atoms with Crippen molar-refractivity contribution in [3.63, 3.8) is 0 Å². The first-order chi connectivity index (χ1) is 9.08. The van der Waals surface area contributed by atoms with Gasteiger partial charge in [0, 0.05) is 10.8 Å². The van der Waals surface area contributed by atoms with Crippen molar-refractivity contribution in [2.24, 2.45) is 10.8 Å². The van der Waals surface area contributed by atoms with E-state index in [-0.39, 0.29) is 14.8 Å². The van der Waals surface area contributed by atoms with Crippen LogP contribution in [-0.2, 0) is 0 Å². The zero-order valence-corrected chi connectivity index (χ0v) is 14.9. The van der Waals surface area contributed by atoms with E-state index in [1.165, 1.54) is 70.6 Å². The second-order valence-electron chi connectivity index (χ2n) is 7.01. The smallest absolute Gasteiger partial charge is 0.0955 e. The summed E-state index contributed by atoms with van der Waals surface area (Å²) in [4.78, 5) is 0. The van der Waals surface area contributed by atoms with Crippen molar-refractivity contribution in [2.45, 2.75) is 86.4 Å². The van der Waals surface area contributed by atoms with Gasteiger partial charge in [0.25, 0.3) is 0 Å². The standard InChI is InChI=1S/C16H26Br2O/c17-16(18)14-10-7-5-3-1-2-4-6-8-11-15(14,16)13(19)9-12-14/h13,19H,1-12H2. The monoisotopic (exact) mass is 392 g/mol. The first kappa shape index (κ1) is 14.8. The molecule has 1 N–H and O–H groups in total. The number of aliphatic hydroxyl groups is 1. The third-order valence-corrected chi connectivity index (χ3v) is 9.22. The van der Waals surface area contributed by atoms with Gasteiger partial charge in [-0.3, -0.25) is 0 Å². The fourth-order valence-electron chi connectivity index (χ4n) is 5.19. The van der Waals surface area contributed by atoms with Crippen molar-refractivity contribution < 1.29 is 5.11 Å². The molecule has 3 aliphatic rings. The van der Waals surface area contributed by atoms with Gasteiger partial charge in [-0.25, -0.2) is 0 Å². The van der Waals surface area contributed by atoms with Gasteiger partial charge in [-0.05, 0) is 25.7 Å². The molecule has 0 aromatic carbocycles. The number of hydrogen-bond acceptors (Lipinski definition) is 1. The van der Waals surface area contributed by atoms with Gasteiger partial charge in [-0.15, -0.1) is 0 Å². The molecule has 0 bridgehead atoms. The molecule has 3 rings (SSSR count). The predicted octanol–water partition coefficient (Wildman–Crippen LogP) is 5.53. The van der Waals surface area contributed by atoms with Gasteiger partial charge in [0.15, 0.2) is 0 Å². The van der Waals surface area contributed by atoms with E-state index in [0.717, 1.165) is 6.42 Å². The minimum atomic E-state index is -0.103. The van der Waals surface area contributed by atoms with Crippen LogP contribution in [0.25, 0.3) is 0 Å².